The van der Waals surface area contributed by atoms with Gasteiger partial charge < -0.3 is 23.7 Å². The predicted octanol–water partition coefficient (Wildman–Crippen LogP) is 4.14. The molecule has 7 nitrogen and oxygen atoms in total. The molecule has 2 aliphatic heterocycles. The van der Waals surface area contributed by atoms with Gasteiger partial charge in [-0.15, -0.1) is 0 Å². The Morgan fingerprint density at radius 3 is 2.52 bits per heavy atom. The number of carbonyl (C=O) groups excluding carboxylic acids is 1. The van der Waals surface area contributed by atoms with Crippen molar-refractivity contribution < 1.29 is 28.5 Å². The molecule has 0 aromatic heterocycles. The molecule has 0 aliphatic carbocycles. The molecular weight excluding hydrogens is 398 g/mol. The van der Waals surface area contributed by atoms with Crippen LogP contribution in [0.2, 0.25) is 0 Å². The van der Waals surface area contributed by atoms with Crippen LogP contribution in [-0.2, 0) is 6.54 Å². The average molecular weight is 425 g/mol. The molecule has 7 heteroatoms. The Balaban J connectivity index is 1.70. The van der Waals surface area contributed by atoms with Gasteiger partial charge in [-0.05, 0) is 36.3 Å². The van der Waals surface area contributed by atoms with Crippen LogP contribution in [0.15, 0.2) is 30.0 Å². The van der Waals surface area contributed by atoms with E-state index in [9.17, 15) is 4.79 Å². The molecule has 2 aromatic carbocycles. The van der Waals surface area contributed by atoms with E-state index in [0.717, 1.165) is 17.9 Å². The van der Waals surface area contributed by atoms with Gasteiger partial charge >= 0.3 is 0 Å². The van der Waals surface area contributed by atoms with Crippen molar-refractivity contribution >= 4 is 11.9 Å². The summed E-state index contributed by atoms with van der Waals surface area (Å²) in [4.78, 5) is 15.3. The Morgan fingerprint density at radius 1 is 1.06 bits per heavy atom. The van der Waals surface area contributed by atoms with Crippen molar-refractivity contribution in [3.05, 3.63) is 46.7 Å². The second kappa shape index (κ2) is 8.51. The largest absolute Gasteiger partial charge is 0.493 e. The Morgan fingerprint density at radius 2 is 1.84 bits per heavy atom. The standard InChI is InChI=1S/C24H27NO6/c1-14(2)11-25-12-17-18(30-13-25)9-7-16-21(26)20(31-23(16)17)10-15-6-8-19(27-3)24(29-5)22(15)28-4/h6-10,14H,11-13H2,1-5H3/b20-10-. The smallest absolute Gasteiger partial charge is 0.231 e. The van der Waals surface area contributed by atoms with Gasteiger partial charge in [-0.1, -0.05) is 13.8 Å². The highest BCUT2D eigenvalue weighted by Gasteiger charge is 2.34. The first kappa shape index (κ1) is 21.1. The summed E-state index contributed by atoms with van der Waals surface area (Å²) in [5.74, 6) is 3.37. The summed E-state index contributed by atoms with van der Waals surface area (Å²) in [6.07, 6.45) is 1.67. The van der Waals surface area contributed by atoms with E-state index in [2.05, 4.69) is 18.7 Å². The van der Waals surface area contributed by atoms with Crippen LogP contribution in [0.1, 0.15) is 35.3 Å². The third kappa shape index (κ3) is 3.81. The van der Waals surface area contributed by atoms with Crippen molar-refractivity contribution in [2.45, 2.75) is 20.4 Å². The molecule has 2 aliphatic rings. The lowest BCUT2D eigenvalue weighted by atomic mass is 10.0. The number of Topliss-reactive ketones (excluding diaryl/α,β-unsaturated/α-hetero) is 1. The molecule has 0 atom stereocenters. The molecule has 2 heterocycles. The normalized spacial score (nSPS) is 16.6. The topological polar surface area (TPSA) is 66.5 Å². The number of hydrogen-bond donors (Lipinski definition) is 0. The van der Waals surface area contributed by atoms with E-state index in [1.54, 1.807) is 45.6 Å². The highest BCUT2D eigenvalue weighted by Crippen LogP contribution is 2.44. The number of hydrogen-bond acceptors (Lipinski definition) is 7. The van der Waals surface area contributed by atoms with Gasteiger partial charge in [0, 0.05) is 18.7 Å². The van der Waals surface area contributed by atoms with Gasteiger partial charge in [0.05, 0.1) is 32.5 Å². The molecular formula is C24H27NO6. The average Bonchev–Trinajstić information content (AvgIpc) is 3.08. The van der Waals surface area contributed by atoms with Gasteiger partial charge in [-0.2, -0.15) is 0 Å². The van der Waals surface area contributed by atoms with E-state index in [-0.39, 0.29) is 11.5 Å². The molecule has 0 unspecified atom stereocenters. The molecule has 4 rings (SSSR count). The summed E-state index contributed by atoms with van der Waals surface area (Å²) < 4.78 is 28.3. The van der Waals surface area contributed by atoms with Crippen LogP contribution in [0, 0.1) is 5.92 Å². The first-order valence-electron chi connectivity index (χ1n) is 10.2. The Bertz CT molecular complexity index is 1040. The maximum atomic E-state index is 13.1. The maximum Gasteiger partial charge on any atom is 0.231 e. The van der Waals surface area contributed by atoms with Crippen molar-refractivity contribution in [3.63, 3.8) is 0 Å². The number of ether oxygens (including phenoxy) is 5. The minimum absolute atomic E-state index is 0.171. The Labute approximate surface area is 182 Å². The summed E-state index contributed by atoms with van der Waals surface area (Å²) in [5, 5.41) is 0. The van der Waals surface area contributed by atoms with Crippen LogP contribution in [0.5, 0.6) is 28.7 Å². The van der Waals surface area contributed by atoms with Crippen molar-refractivity contribution in [2.75, 3.05) is 34.6 Å². The third-order valence-electron chi connectivity index (χ3n) is 5.33. The lowest BCUT2D eigenvalue weighted by Gasteiger charge is -2.30. The van der Waals surface area contributed by atoms with Gasteiger partial charge in [0.15, 0.2) is 17.3 Å². The fourth-order valence-corrected chi connectivity index (χ4v) is 4.02. The van der Waals surface area contributed by atoms with Crippen molar-refractivity contribution in [3.8, 4) is 28.7 Å². The first-order chi connectivity index (χ1) is 15.0. The predicted molar refractivity (Wildman–Crippen MR) is 116 cm³/mol. The molecule has 0 saturated carbocycles. The van der Waals surface area contributed by atoms with Crippen LogP contribution in [0.4, 0.5) is 0 Å². The van der Waals surface area contributed by atoms with Crippen molar-refractivity contribution in [1.82, 2.24) is 4.90 Å². The number of rotatable bonds is 6. The number of methoxy groups -OCH3 is 3. The molecule has 31 heavy (non-hydrogen) atoms. The lowest BCUT2D eigenvalue weighted by Crippen LogP contribution is -2.34. The van der Waals surface area contributed by atoms with Gasteiger partial charge in [-0.25, -0.2) is 0 Å². The number of nitrogens with zero attached hydrogens (tertiary/aromatic N) is 1. The minimum atomic E-state index is -0.171. The minimum Gasteiger partial charge on any atom is -0.493 e. The number of carbonyl (C=O) groups is 1. The van der Waals surface area contributed by atoms with E-state index < -0.39 is 0 Å². The molecule has 0 N–H and O–H groups in total. The Kier molecular flexibility index (Phi) is 5.78. The van der Waals surface area contributed by atoms with E-state index in [0.29, 0.717) is 53.3 Å². The lowest BCUT2D eigenvalue weighted by molar-refractivity contribution is 0.0832. The van der Waals surface area contributed by atoms with E-state index >= 15 is 0 Å². The zero-order chi connectivity index (χ0) is 22.1. The SMILES string of the molecule is COc1ccc(/C=C2\Oc3c(ccc4c3CN(CC(C)C)CO4)C2=O)c(OC)c1OC. The monoisotopic (exact) mass is 425 g/mol. The van der Waals surface area contributed by atoms with Crippen molar-refractivity contribution in [1.29, 1.82) is 0 Å². The van der Waals surface area contributed by atoms with Gasteiger partial charge in [0.2, 0.25) is 11.5 Å². The summed E-state index contributed by atoms with van der Waals surface area (Å²) >= 11 is 0. The van der Waals surface area contributed by atoms with E-state index in [4.69, 9.17) is 23.7 Å². The second-order valence-electron chi connectivity index (χ2n) is 7.96. The first-order valence-corrected chi connectivity index (χ1v) is 10.2. The summed E-state index contributed by atoms with van der Waals surface area (Å²) in [5.41, 5.74) is 2.10. The highest BCUT2D eigenvalue weighted by atomic mass is 16.5. The molecule has 2 aromatic rings. The maximum absolute atomic E-state index is 13.1. The van der Waals surface area contributed by atoms with E-state index in [1.807, 2.05) is 6.07 Å². The highest BCUT2D eigenvalue weighted by molar-refractivity contribution is 6.15. The van der Waals surface area contributed by atoms with E-state index in [1.165, 1.54) is 0 Å². The fraction of sp³-hybridized carbons (Fsp3) is 0.375. The van der Waals surface area contributed by atoms with Gasteiger partial charge in [0.25, 0.3) is 0 Å². The fourth-order valence-electron chi connectivity index (χ4n) is 4.02. The van der Waals surface area contributed by atoms with Crippen LogP contribution in [0.25, 0.3) is 6.08 Å². The Hall–Kier alpha value is -3.19. The molecule has 0 saturated heterocycles. The molecule has 0 amide bonds. The number of fused-ring (bicyclic) bond motifs is 3. The zero-order valence-corrected chi connectivity index (χ0v) is 18.5. The van der Waals surface area contributed by atoms with Gasteiger partial charge in [0.1, 0.15) is 18.2 Å². The molecule has 0 fully saturated rings. The van der Waals surface area contributed by atoms with Crippen LogP contribution in [0.3, 0.4) is 0 Å². The molecule has 0 bridgehead atoms. The van der Waals surface area contributed by atoms with Crippen LogP contribution >= 0.6 is 0 Å². The third-order valence-corrected chi connectivity index (χ3v) is 5.33. The van der Waals surface area contributed by atoms with Crippen LogP contribution < -0.4 is 23.7 Å². The molecule has 164 valence electrons. The van der Waals surface area contributed by atoms with Gasteiger partial charge in [-0.3, -0.25) is 9.69 Å². The quantitative estimate of drug-likeness (QED) is 0.645. The second-order valence-corrected chi connectivity index (χ2v) is 7.96. The summed E-state index contributed by atoms with van der Waals surface area (Å²) in [6, 6.07) is 7.18. The number of ketones is 1. The summed E-state index contributed by atoms with van der Waals surface area (Å²) in [6.45, 7) is 6.45. The van der Waals surface area contributed by atoms with Crippen molar-refractivity contribution in [2.24, 2.45) is 5.92 Å². The number of allylic oxidation sites excluding steroid dienone is 1. The van der Waals surface area contributed by atoms with Crippen LogP contribution in [-0.4, -0.2) is 45.3 Å². The zero-order valence-electron chi connectivity index (χ0n) is 18.5. The number of benzene rings is 2. The molecule has 0 radical (unpaired) electrons. The summed E-state index contributed by atoms with van der Waals surface area (Å²) in [7, 11) is 4.64. The molecule has 0 spiro atoms.